The second kappa shape index (κ2) is 3.67. The normalized spacial score (nSPS) is 19.0. The van der Waals surface area contributed by atoms with Crippen molar-refractivity contribution in [1.29, 1.82) is 0 Å². The molecule has 0 saturated carbocycles. The minimum Gasteiger partial charge on any atom is -0.375 e. The Morgan fingerprint density at radius 1 is 1.57 bits per heavy atom. The van der Waals surface area contributed by atoms with Gasteiger partial charge in [0.25, 0.3) is 0 Å². The van der Waals surface area contributed by atoms with Gasteiger partial charge < -0.3 is 10.1 Å². The van der Waals surface area contributed by atoms with Crippen LogP contribution in [0.5, 0.6) is 0 Å². The average Bonchev–Trinajstić information content (AvgIpc) is 2.14. The zero-order valence-corrected chi connectivity index (χ0v) is 8.71. The summed E-state index contributed by atoms with van der Waals surface area (Å²) in [4.78, 5) is 4.15. The summed E-state index contributed by atoms with van der Waals surface area (Å²) in [5.41, 5.74) is 2.59. The maximum atomic E-state index is 5.54. The number of nitrogens with zero attached hydrogens (tertiary/aromatic N) is 1. The van der Waals surface area contributed by atoms with E-state index in [1.54, 1.807) is 7.11 Å². The lowest BCUT2D eigenvalue weighted by Gasteiger charge is -2.41. The van der Waals surface area contributed by atoms with Crippen LogP contribution in [0.2, 0.25) is 0 Å². The van der Waals surface area contributed by atoms with E-state index in [1.807, 2.05) is 18.5 Å². The number of nitrogens with one attached hydrogen (secondary N) is 1. The quantitative estimate of drug-likeness (QED) is 0.773. The molecule has 0 bridgehead atoms. The van der Waals surface area contributed by atoms with E-state index in [-0.39, 0.29) is 5.60 Å². The summed E-state index contributed by atoms with van der Waals surface area (Å²) in [6.45, 7) is 4.00. The third-order valence-electron chi connectivity index (χ3n) is 2.99. The van der Waals surface area contributed by atoms with Gasteiger partial charge in [0.15, 0.2) is 0 Å². The van der Waals surface area contributed by atoms with Crippen LogP contribution in [0.3, 0.4) is 0 Å². The van der Waals surface area contributed by atoms with Gasteiger partial charge in [-0.2, -0.15) is 0 Å². The third kappa shape index (κ3) is 1.65. The van der Waals surface area contributed by atoms with Crippen LogP contribution < -0.4 is 5.32 Å². The Bertz CT molecular complexity index is 315. The highest BCUT2D eigenvalue weighted by atomic mass is 16.5. The standard InChI is InChI=1S/C11H16N2O/c1-9-3-4-12-6-10(9)5-11(14-2)7-13-8-11/h3-4,6,13H,5,7-8H2,1-2H3. The molecule has 1 aliphatic heterocycles. The molecule has 0 spiro atoms. The molecule has 1 aromatic heterocycles. The van der Waals surface area contributed by atoms with E-state index in [4.69, 9.17) is 4.74 Å². The number of ether oxygens (including phenoxy) is 1. The van der Waals surface area contributed by atoms with Crippen LogP contribution in [0, 0.1) is 6.92 Å². The van der Waals surface area contributed by atoms with Crippen molar-refractivity contribution in [3.05, 3.63) is 29.6 Å². The summed E-state index contributed by atoms with van der Waals surface area (Å²) >= 11 is 0. The van der Waals surface area contributed by atoms with Crippen LogP contribution in [0.4, 0.5) is 0 Å². The predicted molar refractivity (Wildman–Crippen MR) is 55.3 cm³/mol. The molecule has 0 amide bonds. The van der Waals surface area contributed by atoms with Crippen LogP contribution >= 0.6 is 0 Å². The lowest BCUT2D eigenvalue weighted by molar-refractivity contribution is -0.0503. The topological polar surface area (TPSA) is 34.1 Å². The van der Waals surface area contributed by atoms with Gasteiger partial charge >= 0.3 is 0 Å². The Hall–Kier alpha value is -0.930. The van der Waals surface area contributed by atoms with Crippen molar-refractivity contribution in [2.75, 3.05) is 20.2 Å². The van der Waals surface area contributed by atoms with Crippen LogP contribution in [0.1, 0.15) is 11.1 Å². The van der Waals surface area contributed by atoms with E-state index in [0.29, 0.717) is 0 Å². The Morgan fingerprint density at radius 2 is 2.36 bits per heavy atom. The zero-order chi connectivity index (χ0) is 10.0. The Balaban J connectivity index is 2.13. The van der Waals surface area contributed by atoms with Gasteiger partial charge in [-0.15, -0.1) is 0 Å². The number of aromatic nitrogens is 1. The van der Waals surface area contributed by atoms with Crippen LogP contribution in [0.25, 0.3) is 0 Å². The van der Waals surface area contributed by atoms with Gasteiger partial charge in [-0.25, -0.2) is 0 Å². The van der Waals surface area contributed by atoms with E-state index in [1.165, 1.54) is 11.1 Å². The van der Waals surface area contributed by atoms with Gasteiger partial charge in [0, 0.05) is 39.0 Å². The summed E-state index contributed by atoms with van der Waals surface area (Å²) < 4.78 is 5.54. The number of rotatable bonds is 3. The first kappa shape index (κ1) is 9.62. The van der Waals surface area contributed by atoms with Crippen molar-refractivity contribution in [3.63, 3.8) is 0 Å². The number of aryl methyl sites for hydroxylation is 1. The van der Waals surface area contributed by atoms with E-state index in [0.717, 1.165) is 19.5 Å². The van der Waals surface area contributed by atoms with E-state index in [2.05, 4.69) is 17.2 Å². The van der Waals surface area contributed by atoms with Crippen molar-refractivity contribution in [1.82, 2.24) is 10.3 Å². The molecule has 2 heterocycles. The monoisotopic (exact) mass is 192 g/mol. The molecule has 1 aromatic rings. The fraction of sp³-hybridized carbons (Fsp3) is 0.545. The first-order valence-corrected chi connectivity index (χ1v) is 4.91. The van der Waals surface area contributed by atoms with Crippen molar-refractivity contribution in [3.8, 4) is 0 Å². The summed E-state index contributed by atoms with van der Waals surface area (Å²) in [5, 5.41) is 3.25. The fourth-order valence-corrected chi connectivity index (χ4v) is 1.77. The Kier molecular flexibility index (Phi) is 2.52. The summed E-state index contributed by atoms with van der Waals surface area (Å²) in [5.74, 6) is 0. The molecule has 1 N–H and O–H groups in total. The Morgan fingerprint density at radius 3 is 2.86 bits per heavy atom. The first-order valence-electron chi connectivity index (χ1n) is 4.91. The van der Waals surface area contributed by atoms with Gasteiger partial charge in [0.05, 0.1) is 5.60 Å². The molecular weight excluding hydrogens is 176 g/mol. The fourth-order valence-electron chi connectivity index (χ4n) is 1.77. The summed E-state index contributed by atoms with van der Waals surface area (Å²) in [6, 6.07) is 2.05. The van der Waals surface area contributed by atoms with Gasteiger partial charge in [0.2, 0.25) is 0 Å². The van der Waals surface area contributed by atoms with Crippen molar-refractivity contribution in [2.45, 2.75) is 18.9 Å². The molecule has 1 fully saturated rings. The number of pyridine rings is 1. The van der Waals surface area contributed by atoms with Gasteiger partial charge in [-0.05, 0) is 24.1 Å². The minimum atomic E-state index is 0.00773. The van der Waals surface area contributed by atoms with Crippen LogP contribution in [-0.4, -0.2) is 30.8 Å². The largest absolute Gasteiger partial charge is 0.375 e. The van der Waals surface area contributed by atoms with Crippen molar-refractivity contribution < 1.29 is 4.74 Å². The SMILES string of the molecule is COC1(Cc2cnccc2C)CNC1. The molecule has 14 heavy (non-hydrogen) atoms. The molecule has 76 valence electrons. The van der Waals surface area contributed by atoms with Gasteiger partial charge in [-0.3, -0.25) is 4.98 Å². The molecule has 0 atom stereocenters. The second-order valence-electron chi connectivity index (χ2n) is 3.97. The van der Waals surface area contributed by atoms with E-state index < -0.39 is 0 Å². The zero-order valence-electron chi connectivity index (χ0n) is 8.71. The third-order valence-corrected chi connectivity index (χ3v) is 2.99. The van der Waals surface area contributed by atoms with Gasteiger partial charge in [0.1, 0.15) is 0 Å². The smallest absolute Gasteiger partial charge is 0.0966 e. The highest BCUT2D eigenvalue weighted by Crippen LogP contribution is 2.22. The van der Waals surface area contributed by atoms with Crippen LogP contribution in [0.15, 0.2) is 18.5 Å². The lowest BCUT2D eigenvalue weighted by atomic mass is 9.88. The molecule has 2 rings (SSSR count). The van der Waals surface area contributed by atoms with Crippen molar-refractivity contribution >= 4 is 0 Å². The summed E-state index contributed by atoms with van der Waals surface area (Å²) in [7, 11) is 1.78. The number of hydrogen-bond donors (Lipinski definition) is 1. The molecule has 3 heteroatoms. The molecule has 0 unspecified atom stereocenters. The molecule has 0 aliphatic carbocycles. The molecule has 0 aromatic carbocycles. The summed E-state index contributed by atoms with van der Waals surface area (Å²) in [6.07, 6.45) is 4.72. The minimum absolute atomic E-state index is 0.00773. The molecular formula is C11H16N2O. The maximum Gasteiger partial charge on any atom is 0.0966 e. The average molecular weight is 192 g/mol. The molecule has 3 nitrogen and oxygen atoms in total. The number of hydrogen-bond acceptors (Lipinski definition) is 3. The van der Waals surface area contributed by atoms with Gasteiger partial charge in [-0.1, -0.05) is 0 Å². The molecule has 1 aliphatic rings. The second-order valence-corrected chi connectivity index (χ2v) is 3.97. The predicted octanol–water partition coefficient (Wildman–Crippen LogP) is 0.921. The highest BCUT2D eigenvalue weighted by molar-refractivity contribution is 5.24. The highest BCUT2D eigenvalue weighted by Gasteiger charge is 2.37. The van der Waals surface area contributed by atoms with E-state index >= 15 is 0 Å². The van der Waals surface area contributed by atoms with E-state index in [9.17, 15) is 0 Å². The Labute approximate surface area is 84.5 Å². The molecule has 1 saturated heterocycles. The van der Waals surface area contributed by atoms with Crippen molar-refractivity contribution in [2.24, 2.45) is 0 Å². The lowest BCUT2D eigenvalue weighted by Crippen LogP contribution is -2.61. The first-order chi connectivity index (χ1) is 6.76. The van der Waals surface area contributed by atoms with Crippen LogP contribution in [-0.2, 0) is 11.2 Å². The molecule has 0 radical (unpaired) electrons. The maximum absolute atomic E-state index is 5.54. The number of methoxy groups -OCH3 is 1.